The second-order valence-corrected chi connectivity index (χ2v) is 5.19. The van der Waals surface area contributed by atoms with E-state index in [4.69, 9.17) is 5.11 Å². The minimum atomic E-state index is -0.744. The van der Waals surface area contributed by atoms with Crippen molar-refractivity contribution in [2.45, 2.75) is 13.0 Å². The molecule has 1 N–H and O–H groups in total. The Balaban J connectivity index is 2.06. The predicted molar refractivity (Wildman–Crippen MR) is 65.2 cm³/mol. The monoisotopic (exact) mass is 301 g/mol. The van der Waals surface area contributed by atoms with Gasteiger partial charge in [-0.2, -0.15) is 0 Å². The predicted octanol–water partition coefficient (Wildman–Crippen LogP) is 2.67. The van der Waals surface area contributed by atoms with E-state index in [1.165, 1.54) is 12.1 Å². The summed E-state index contributed by atoms with van der Waals surface area (Å²) in [6.45, 7) is 3.11. The Morgan fingerprint density at radius 3 is 2.76 bits per heavy atom. The lowest BCUT2D eigenvalue weighted by atomic mass is 9.95. The first-order chi connectivity index (χ1) is 7.99. The molecule has 3 nitrogen and oxygen atoms in total. The molecule has 1 aliphatic rings. The number of benzene rings is 1. The van der Waals surface area contributed by atoms with Crippen molar-refractivity contribution in [1.82, 2.24) is 4.90 Å². The fraction of sp³-hybridized carbons (Fsp3) is 0.417. The van der Waals surface area contributed by atoms with Gasteiger partial charge in [-0.1, -0.05) is 22.0 Å². The average molecular weight is 302 g/mol. The highest BCUT2D eigenvalue weighted by Crippen LogP contribution is 2.32. The van der Waals surface area contributed by atoms with Crippen LogP contribution < -0.4 is 0 Å². The molecule has 1 aromatic rings. The van der Waals surface area contributed by atoms with Crippen LogP contribution in [0.15, 0.2) is 22.7 Å². The molecule has 0 radical (unpaired) electrons. The smallest absolute Gasteiger partial charge is 0.309 e. The second kappa shape index (κ2) is 4.74. The number of nitrogens with zero attached hydrogens (tertiary/aromatic N) is 1. The van der Waals surface area contributed by atoms with E-state index < -0.39 is 5.97 Å². The van der Waals surface area contributed by atoms with Crippen molar-refractivity contribution in [2.75, 3.05) is 13.1 Å². The first-order valence-electron chi connectivity index (χ1n) is 5.41. The highest BCUT2D eigenvalue weighted by atomic mass is 79.9. The van der Waals surface area contributed by atoms with Gasteiger partial charge in [-0.05, 0) is 24.6 Å². The zero-order valence-electron chi connectivity index (χ0n) is 9.36. The molecule has 0 amide bonds. The summed E-state index contributed by atoms with van der Waals surface area (Å²) in [6.07, 6.45) is 0. The van der Waals surface area contributed by atoms with E-state index in [2.05, 4.69) is 20.8 Å². The Kier molecular flexibility index (Phi) is 3.49. The number of halogens is 2. The third kappa shape index (κ3) is 2.50. The van der Waals surface area contributed by atoms with E-state index >= 15 is 0 Å². The van der Waals surface area contributed by atoms with Gasteiger partial charge in [0.15, 0.2) is 0 Å². The Morgan fingerprint density at radius 2 is 2.24 bits per heavy atom. The van der Waals surface area contributed by atoms with Crippen LogP contribution in [0.3, 0.4) is 0 Å². The first kappa shape index (κ1) is 12.5. The van der Waals surface area contributed by atoms with Crippen LogP contribution in [-0.2, 0) is 4.79 Å². The highest BCUT2D eigenvalue weighted by molar-refractivity contribution is 9.10. The quantitative estimate of drug-likeness (QED) is 0.933. The molecule has 1 aromatic carbocycles. The van der Waals surface area contributed by atoms with Crippen molar-refractivity contribution in [3.05, 3.63) is 34.1 Å². The Bertz CT molecular complexity index is 446. The fourth-order valence-electron chi connectivity index (χ4n) is 2.02. The average Bonchev–Trinajstić information content (AvgIpc) is 2.13. The van der Waals surface area contributed by atoms with Crippen molar-refractivity contribution < 1.29 is 14.3 Å². The molecule has 1 fully saturated rings. The van der Waals surface area contributed by atoms with Crippen molar-refractivity contribution in [3.63, 3.8) is 0 Å². The van der Waals surface area contributed by atoms with Gasteiger partial charge in [0.25, 0.3) is 0 Å². The Hall–Kier alpha value is -0.940. The minimum Gasteiger partial charge on any atom is -0.481 e. The van der Waals surface area contributed by atoms with Crippen LogP contribution in [0, 0.1) is 11.7 Å². The van der Waals surface area contributed by atoms with Gasteiger partial charge in [-0.3, -0.25) is 9.69 Å². The summed E-state index contributed by atoms with van der Waals surface area (Å²) in [5, 5.41) is 8.81. The number of aliphatic carboxylic acids is 1. The lowest BCUT2D eigenvalue weighted by Crippen LogP contribution is -2.51. The van der Waals surface area contributed by atoms with Gasteiger partial charge in [0, 0.05) is 23.6 Å². The van der Waals surface area contributed by atoms with Crippen LogP contribution >= 0.6 is 15.9 Å². The summed E-state index contributed by atoms with van der Waals surface area (Å²) in [6, 6.07) is 4.68. The maximum Gasteiger partial charge on any atom is 0.309 e. The number of hydrogen-bond donors (Lipinski definition) is 1. The summed E-state index contributed by atoms with van der Waals surface area (Å²) >= 11 is 3.33. The van der Waals surface area contributed by atoms with Crippen LogP contribution in [0.2, 0.25) is 0 Å². The molecule has 0 spiro atoms. The van der Waals surface area contributed by atoms with Gasteiger partial charge < -0.3 is 5.11 Å². The molecule has 5 heteroatoms. The summed E-state index contributed by atoms with van der Waals surface area (Å²) in [4.78, 5) is 12.8. The Labute approximate surface area is 107 Å². The standard InChI is InChI=1S/C12H13BrFNO2/c1-7(15-5-8(6-15)12(16)17)10-3-2-9(14)4-11(10)13/h2-4,7-8H,5-6H2,1H3,(H,16,17). The third-order valence-corrected chi connectivity index (χ3v) is 3.91. The summed E-state index contributed by atoms with van der Waals surface area (Å²) < 4.78 is 13.7. The SMILES string of the molecule is CC(c1ccc(F)cc1Br)N1CC(C(=O)O)C1. The van der Waals surface area contributed by atoms with Crippen LogP contribution in [0.1, 0.15) is 18.5 Å². The van der Waals surface area contributed by atoms with Crippen molar-refractivity contribution in [2.24, 2.45) is 5.92 Å². The fourth-order valence-corrected chi connectivity index (χ4v) is 2.70. The molecule has 1 unspecified atom stereocenters. The van der Waals surface area contributed by atoms with Crippen molar-refractivity contribution in [1.29, 1.82) is 0 Å². The minimum absolute atomic E-state index is 0.0978. The molecular formula is C12H13BrFNO2. The molecule has 1 atom stereocenters. The number of carboxylic acid groups (broad SMARTS) is 1. The van der Waals surface area contributed by atoms with E-state index in [-0.39, 0.29) is 17.8 Å². The molecule has 2 rings (SSSR count). The van der Waals surface area contributed by atoms with Crippen LogP contribution in [0.5, 0.6) is 0 Å². The lowest BCUT2D eigenvalue weighted by Gasteiger charge is -2.41. The lowest BCUT2D eigenvalue weighted by molar-refractivity contribution is -0.148. The number of likely N-dealkylation sites (tertiary alicyclic amines) is 1. The zero-order chi connectivity index (χ0) is 12.6. The van der Waals surface area contributed by atoms with E-state index in [1.807, 2.05) is 6.92 Å². The number of rotatable bonds is 3. The largest absolute Gasteiger partial charge is 0.481 e. The van der Waals surface area contributed by atoms with E-state index in [0.29, 0.717) is 13.1 Å². The molecule has 17 heavy (non-hydrogen) atoms. The summed E-state index contributed by atoms with van der Waals surface area (Å²) in [5.74, 6) is -1.29. The van der Waals surface area contributed by atoms with Gasteiger partial charge in [-0.25, -0.2) is 4.39 Å². The summed E-state index contributed by atoms with van der Waals surface area (Å²) in [5.41, 5.74) is 0.982. The van der Waals surface area contributed by atoms with E-state index in [1.54, 1.807) is 6.07 Å². The topological polar surface area (TPSA) is 40.5 Å². The van der Waals surface area contributed by atoms with Crippen molar-refractivity contribution in [3.8, 4) is 0 Å². The van der Waals surface area contributed by atoms with Gasteiger partial charge >= 0.3 is 5.97 Å². The molecule has 0 bridgehead atoms. The van der Waals surface area contributed by atoms with E-state index in [9.17, 15) is 9.18 Å². The molecule has 0 saturated carbocycles. The van der Waals surface area contributed by atoms with Crippen LogP contribution in [0.4, 0.5) is 4.39 Å². The van der Waals surface area contributed by atoms with Gasteiger partial charge in [0.1, 0.15) is 5.82 Å². The molecule has 1 saturated heterocycles. The Morgan fingerprint density at radius 1 is 1.59 bits per heavy atom. The highest BCUT2D eigenvalue weighted by Gasteiger charge is 2.35. The zero-order valence-corrected chi connectivity index (χ0v) is 10.9. The van der Waals surface area contributed by atoms with E-state index in [0.717, 1.165) is 10.0 Å². The van der Waals surface area contributed by atoms with Crippen LogP contribution in [0.25, 0.3) is 0 Å². The van der Waals surface area contributed by atoms with Gasteiger partial charge in [0.2, 0.25) is 0 Å². The molecule has 0 aromatic heterocycles. The molecular weight excluding hydrogens is 289 g/mol. The van der Waals surface area contributed by atoms with Crippen LogP contribution in [-0.4, -0.2) is 29.1 Å². The first-order valence-corrected chi connectivity index (χ1v) is 6.20. The normalized spacial score (nSPS) is 18.8. The van der Waals surface area contributed by atoms with Gasteiger partial charge in [0.05, 0.1) is 5.92 Å². The number of carboxylic acids is 1. The molecule has 1 heterocycles. The maximum absolute atomic E-state index is 13.0. The molecule has 1 aliphatic heterocycles. The number of carbonyl (C=O) groups is 1. The second-order valence-electron chi connectivity index (χ2n) is 4.33. The van der Waals surface area contributed by atoms with Crippen molar-refractivity contribution >= 4 is 21.9 Å². The molecule has 0 aliphatic carbocycles. The third-order valence-electron chi connectivity index (χ3n) is 3.22. The summed E-state index contributed by atoms with van der Waals surface area (Å²) in [7, 11) is 0. The maximum atomic E-state index is 13.0. The van der Waals surface area contributed by atoms with Gasteiger partial charge in [-0.15, -0.1) is 0 Å². The number of hydrogen-bond acceptors (Lipinski definition) is 2. The molecule has 92 valence electrons.